The Morgan fingerprint density at radius 1 is 1.35 bits per heavy atom. The number of rotatable bonds is 8. The van der Waals surface area contributed by atoms with Crippen molar-refractivity contribution in [3.05, 3.63) is 0 Å². The molecule has 0 heterocycles. The van der Waals surface area contributed by atoms with E-state index in [1.165, 1.54) is 11.4 Å². The number of nitrogens with one attached hydrogen (secondary N) is 1. The van der Waals surface area contributed by atoms with Crippen LogP contribution in [-0.4, -0.2) is 42.9 Å². The average Bonchev–Trinajstić information content (AvgIpc) is 2.43. The van der Waals surface area contributed by atoms with E-state index in [4.69, 9.17) is 5.11 Å². The van der Waals surface area contributed by atoms with Crippen LogP contribution in [0.3, 0.4) is 0 Å². The van der Waals surface area contributed by atoms with E-state index in [1.807, 2.05) is 6.92 Å². The summed E-state index contributed by atoms with van der Waals surface area (Å²) >= 11 is 0. The van der Waals surface area contributed by atoms with E-state index >= 15 is 0 Å². The molecule has 6 nitrogen and oxygen atoms in total. The molecule has 1 rings (SSSR count). The number of aliphatic carboxylic acids is 1. The molecule has 0 aromatic carbocycles. The van der Waals surface area contributed by atoms with Gasteiger partial charge in [-0.25, -0.2) is 0 Å². The van der Waals surface area contributed by atoms with Crippen LogP contribution in [0.2, 0.25) is 0 Å². The molecule has 0 radical (unpaired) electrons. The predicted octanol–water partition coefficient (Wildman–Crippen LogP) is 1.73. The highest BCUT2D eigenvalue weighted by molar-refractivity contribution is 7.87. The minimum absolute atomic E-state index is 0.0122. The maximum absolute atomic E-state index is 12.3. The van der Waals surface area contributed by atoms with Crippen molar-refractivity contribution in [2.75, 3.05) is 7.05 Å². The Kier molecular flexibility index (Phi) is 6.91. The van der Waals surface area contributed by atoms with Gasteiger partial charge in [-0.3, -0.25) is 4.79 Å². The Labute approximate surface area is 121 Å². The summed E-state index contributed by atoms with van der Waals surface area (Å²) < 4.78 is 28.2. The number of carboxylic acids is 1. The van der Waals surface area contributed by atoms with Crippen molar-refractivity contribution in [2.45, 2.75) is 70.4 Å². The maximum atomic E-state index is 12.3. The van der Waals surface area contributed by atoms with Gasteiger partial charge in [0, 0.05) is 13.1 Å². The van der Waals surface area contributed by atoms with Crippen LogP contribution in [0.1, 0.15) is 58.3 Å². The van der Waals surface area contributed by atoms with Gasteiger partial charge in [-0.2, -0.15) is 17.4 Å². The van der Waals surface area contributed by atoms with Crippen LogP contribution in [0.5, 0.6) is 0 Å². The fraction of sp³-hybridized carbons (Fsp3) is 0.923. The Hall–Kier alpha value is -0.660. The summed E-state index contributed by atoms with van der Waals surface area (Å²) in [6.45, 7) is 1.95. The number of unbranched alkanes of at least 4 members (excludes halogenated alkanes) is 1. The molecule has 7 heteroatoms. The zero-order valence-electron chi connectivity index (χ0n) is 12.3. The normalized spacial score (nSPS) is 19.1. The highest BCUT2D eigenvalue weighted by atomic mass is 32.2. The van der Waals surface area contributed by atoms with Crippen molar-refractivity contribution in [1.82, 2.24) is 9.03 Å². The lowest BCUT2D eigenvalue weighted by Gasteiger charge is -2.31. The van der Waals surface area contributed by atoms with Gasteiger partial charge in [0.15, 0.2) is 0 Å². The van der Waals surface area contributed by atoms with Crippen LogP contribution in [-0.2, 0) is 15.0 Å². The number of carbonyl (C=O) groups is 1. The quantitative estimate of drug-likeness (QED) is 0.715. The average molecular weight is 306 g/mol. The Morgan fingerprint density at radius 3 is 2.45 bits per heavy atom. The second kappa shape index (κ2) is 7.95. The van der Waals surface area contributed by atoms with Gasteiger partial charge in [-0.15, -0.1) is 0 Å². The van der Waals surface area contributed by atoms with E-state index in [1.54, 1.807) is 0 Å². The molecule has 118 valence electrons. The summed E-state index contributed by atoms with van der Waals surface area (Å²) in [5, 5.41) is 9.11. The molecule has 0 aromatic rings. The lowest BCUT2D eigenvalue weighted by Crippen LogP contribution is -2.50. The van der Waals surface area contributed by atoms with Crippen LogP contribution in [0.15, 0.2) is 0 Å². The number of hydrogen-bond donors (Lipinski definition) is 2. The SMILES string of the molecule is CCCCC(NS(=O)(=O)N(C)C1CCCCC1)C(=O)O. The Morgan fingerprint density at radius 2 is 1.95 bits per heavy atom. The summed E-state index contributed by atoms with van der Waals surface area (Å²) in [6.07, 6.45) is 6.76. The summed E-state index contributed by atoms with van der Waals surface area (Å²) in [7, 11) is -2.19. The molecule has 0 amide bonds. The van der Waals surface area contributed by atoms with Gasteiger partial charge in [0.25, 0.3) is 10.2 Å². The molecule has 1 aliphatic carbocycles. The molecule has 20 heavy (non-hydrogen) atoms. The standard InChI is InChI=1S/C13H26N2O4S/c1-3-4-10-12(13(16)17)14-20(18,19)15(2)11-8-6-5-7-9-11/h11-12,14H,3-10H2,1-2H3,(H,16,17). The van der Waals surface area contributed by atoms with Gasteiger partial charge >= 0.3 is 5.97 Å². The molecule has 1 saturated carbocycles. The molecular weight excluding hydrogens is 280 g/mol. The molecular formula is C13H26N2O4S. The topological polar surface area (TPSA) is 86.7 Å². The van der Waals surface area contributed by atoms with Crippen molar-refractivity contribution in [3.8, 4) is 0 Å². The molecule has 0 bridgehead atoms. The molecule has 0 aromatic heterocycles. The van der Waals surface area contributed by atoms with E-state index in [2.05, 4.69) is 4.72 Å². The Bertz CT molecular complexity index is 405. The van der Waals surface area contributed by atoms with Gasteiger partial charge in [0.05, 0.1) is 0 Å². The molecule has 2 N–H and O–H groups in total. The third kappa shape index (κ3) is 5.03. The molecule has 1 aliphatic rings. The molecule has 1 atom stereocenters. The van der Waals surface area contributed by atoms with Crippen molar-refractivity contribution in [1.29, 1.82) is 0 Å². The van der Waals surface area contributed by atoms with Crippen LogP contribution in [0, 0.1) is 0 Å². The van der Waals surface area contributed by atoms with Crippen LogP contribution in [0.4, 0.5) is 0 Å². The summed E-state index contributed by atoms with van der Waals surface area (Å²) in [4.78, 5) is 11.1. The lowest BCUT2D eigenvalue weighted by molar-refractivity contribution is -0.139. The van der Waals surface area contributed by atoms with Gasteiger partial charge in [0.1, 0.15) is 6.04 Å². The molecule has 0 spiro atoms. The van der Waals surface area contributed by atoms with E-state index in [-0.39, 0.29) is 6.04 Å². The zero-order valence-corrected chi connectivity index (χ0v) is 13.2. The third-order valence-electron chi connectivity index (χ3n) is 3.90. The Balaban J connectivity index is 2.67. The molecule has 1 unspecified atom stereocenters. The first-order chi connectivity index (χ1) is 9.38. The fourth-order valence-corrected chi connectivity index (χ4v) is 3.89. The minimum atomic E-state index is -3.73. The van der Waals surface area contributed by atoms with Gasteiger partial charge < -0.3 is 5.11 Å². The van der Waals surface area contributed by atoms with Gasteiger partial charge in [0.2, 0.25) is 0 Å². The van der Waals surface area contributed by atoms with Crippen molar-refractivity contribution in [3.63, 3.8) is 0 Å². The summed E-state index contributed by atoms with van der Waals surface area (Å²) in [5.41, 5.74) is 0. The van der Waals surface area contributed by atoms with Crippen LogP contribution < -0.4 is 4.72 Å². The first kappa shape index (κ1) is 17.4. The minimum Gasteiger partial charge on any atom is -0.480 e. The summed E-state index contributed by atoms with van der Waals surface area (Å²) in [5.74, 6) is -1.11. The second-order valence-corrected chi connectivity index (χ2v) is 7.23. The number of hydrogen-bond acceptors (Lipinski definition) is 3. The zero-order chi connectivity index (χ0) is 15.2. The highest BCUT2D eigenvalue weighted by Crippen LogP contribution is 2.23. The van der Waals surface area contributed by atoms with E-state index < -0.39 is 22.2 Å². The second-order valence-electron chi connectivity index (χ2n) is 5.46. The van der Waals surface area contributed by atoms with Crippen molar-refractivity contribution in [2.24, 2.45) is 0 Å². The van der Waals surface area contributed by atoms with Crippen molar-refractivity contribution < 1.29 is 18.3 Å². The largest absolute Gasteiger partial charge is 0.480 e. The molecule has 0 saturated heterocycles. The molecule has 0 aliphatic heterocycles. The van der Waals surface area contributed by atoms with E-state index in [9.17, 15) is 13.2 Å². The highest BCUT2D eigenvalue weighted by Gasteiger charge is 2.31. The molecule has 1 fully saturated rings. The van der Waals surface area contributed by atoms with Crippen LogP contribution >= 0.6 is 0 Å². The monoisotopic (exact) mass is 306 g/mol. The number of carboxylic acid groups (broad SMARTS) is 1. The smallest absolute Gasteiger partial charge is 0.321 e. The first-order valence-electron chi connectivity index (χ1n) is 7.36. The lowest BCUT2D eigenvalue weighted by atomic mass is 9.96. The first-order valence-corrected chi connectivity index (χ1v) is 8.80. The number of nitrogens with zero attached hydrogens (tertiary/aromatic N) is 1. The summed E-state index contributed by atoms with van der Waals surface area (Å²) in [6, 6.07) is -1.05. The fourth-order valence-electron chi connectivity index (χ4n) is 2.54. The van der Waals surface area contributed by atoms with Crippen LogP contribution in [0.25, 0.3) is 0 Å². The van der Waals surface area contributed by atoms with Crippen molar-refractivity contribution >= 4 is 16.2 Å². The van der Waals surface area contributed by atoms with Gasteiger partial charge in [-0.05, 0) is 19.3 Å². The predicted molar refractivity (Wildman–Crippen MR) is 77.6 cm³/mol. The van der Waals surface area contributed by atoms with Gasteiger partial charge in [-0.1, -0.05) is 39.0 Å². The van der Waals surface area contributed by atoms with E-state index in [0.29, 0.717) is 12.8 Å². The third-order valence-corrected chi connectivity index (χ3v) is 5.54. The maximum Gasteiger partial charge on any atom is 0.321 e. The van der Waals surface area contributed by atoms with E-state index in [0.717, 1.165) is 38.5 Å².